The number of carbonyl (C=O) groups is 1. The first-order valence-corrected chi connectivity index (χ1v) is 16.6. The normalized spacial score (nSPS) is 17.1. The van der Waals surface area contributed by atoms with E-state index in [2.05, 4.69) is 73.6 Å². The van der Waals surface area contributed by atoms with Crippen LogP contribution in [-0.4, -0.2) is 49.1 Å². The molecule has 1 aromatic carbocycles. The predicted octanol–water partition coefficient (Wildman–Crippen LogP) is 7.38. The van der Waals surface area contributed by atoms with Crippen LogP contribution < -0.4 is 4.74 Å². The first-order chi connectivity index (χ1) is 16.6. The smallest absolute Gasteiger partial charge is 0.410 e. The number of fused-ring (bicyclic) bond motifs is 1. The zero-order valence-corrected chi connectivity index (χ0v) is 26.1. The molecular weight excluding hydrogens is 583 g/mol. The summed E-state index contributed by atoms with van der Waals surface area (Å²) >= 11 is 2.33. The quantitative estimate of drug-likeness (QED) is 0.238. The van der Waals surface area contributed by atoms with Crippen molar-refractivity contribution >= 4 is 37.0 Å². The van der Waals surface area contributed by atoms with Crippen molar-refractivity contribution < 1.29 is 18.7 Å². The second kappa shape index (κ2) is 11.4. The number of nitrogens with zero attached hydrogens (tertiary/aromatic N) is 2. The summed E-state index contributed by atoms with van der Waals surface area (Å²) in [7, 11) is -2.14. The molecule has 1 amide bonds. The number of benzene rings is 1. The lowest BCUT2D eigenvalue weighted by Crippen LogP contribution is -2.48. The van der Waals surface area contributed by atoms with Crippen molar-refractivity contribution in [1.82, 2.24) is 9.88 Å². The maximum atomic E-state index is 13.4. The summed E-state index contributed by atoms with van der Waals surface area (Å²) in [6.07, 6.45) is 4.57. The molecule has 2 aromatic rings. The minimum absolute atomic E-state index is 0.0257. The highest BCUT2D eigenvalue weighted by molar-refractivity contribution is 14.1. The van der Waals surface area contributed by atoms with Crippen LogP contribution in [0.1, 0.15) is 65.2 Å². The molecule has 0 saturated heterocycles. The van der Waals surface area contributed by atoms with E-state index in [1.54, 1.807) is 11.1 Å². The van der Waals surface area contributed by atoms with Gasteiger partial charge in [0.25, 0.3) is 0 Å². The number of carbonyl (C=O) groups excluding carboxylic acids is 1. The van der Waals surface area contributed by atoms with E-state index in [9.17, 15) is 4.79 Å². The molecule has 36 heavy (non-hydrogen) atoms. The molecule has 0 N–H and O–H groups in total. The fourth-order valence-corrected chi connectivity index (χ4v) is 5.68. The number of hydrogen-bond donors (Lipinski definition) is 0. The highest BCUT2D eigenvalue weighted by Gasteiger charge is 2.40. The molecule has 3 rings (SSSR count). The van der Waals surface area contributed by atoms with Crippen LogP contribution >= 0.6 is 22.6 Å². The largest absolute Gasteiger partial charge is 0.488 e. The molecule has 6 nitrogen and oxygen atoms in total. The molecule has 0 aliphatic carbocycles. The Balaban J connectivity index is 1.87. The van der Waals surface area contributed by atoms with Gasteiger partial charge >= 0.3 is 6.09 Å². The van der Waals surface area contributed by atoms with Crippen LogP contribution in [0.15, 0.2) is 42.7 Å². The Morgan fingerprint density at radius 1 is 1.22 bits per heavy atom. The third-order valence-corrected chi connectivity index (χ3v) is 12.0. The van der Waals surface area contributed by atoms with Gasteiger partial charge in [0, 0.05) is 16.0 Å². The van der Waals surface area contributed by atoms with Crippen molar-refractivity contribution in [1.29, 1.82) is 0 Å². The number of ether oxygens (including phenoxy) is 2. The predicted molar refractivity (Wildman–Crippen MR) is 155 cm³/mol. The van der Waals surface area contributed by atoms with Crippen LogP contribution in [0.2, 0.25) is 18.1 Å². The lowest BCUT2D eigenvalue weighted by molar-refractivity contribution is 0.00490. The molecule has 0 spiro atoms. The molecule has 0 fully saturated rings. The van der Waals surface area contributed by atoms with Gasteiger partial charge in [-0.2, -0.15) is 0 Å². The highest BCUT2D eigenvalue weighted by atomic mass is 127. The fourth-order valence-electron chi connectivity index (χ4n) is 3.85. The van der Waals surface area contributed by atoms with Crippen molar-refractivity contribution in [2.24, 2.45) is 0 Å². The van der Waals surface area contributed by atoms with E-state index >= 15 is 0 Å². The summed E-state index contributed by atoms with van der Waals surface area (Å²) in [6.45, 7) is 17.6. The average Bonchev–Trinajstić information content (AvgIpc) is 2.76. The van der Waals surface area contributed by atoms with Gasteiger partial charge in [0.05, 0.1) is 19.2 Å². The molecule has 2 heterocycles. The Hall–Kier alpha value is -1.65. The van der Waals surface area contributed by atoms with Gasteiger partial charge in [0.15, 0.2) is 8.32 Å². The molecule has 0 bridgehead atoms. The Morgan fingerprint density at radius 3 is 2.56 bits per heavy atom. The third kappa shape index (κ3) is 7.92. The summed E-state index contributed by atoms with van der Waals surface area (Å²) in [6, 6.07) is 10.2. The van der Waals surface area contributed by atoms with Gasteiger partial charge < -0.3 is 18.8 Å². The van der Waals surface area contributed by atoms with Gasteiger partial charge in [-0.1, -0.05) is 26.8 Å². The van der Waals surface area contributed by atoms with Crippen LogP contribution in [0.4, 0.5) is 4.79 Å². The van der Waals surface area contributed by atoms with E-state index in [0.717, 1.165) is 24.2 Å². The number of aromatic nitrogens is 1. The maximum absolute atomic E-state index is 13.4. The Morgan fingerprint density at radius 2 is 1.94 bits per heavy atom. The van der Waals surface area contributed by atoms with E-state index < -0.39 is 13.9 Å². The molecule has 1 aromatic heterocycles. The molecule has 0 saturated carbocycles. The minimum Gasteiger partial charge on any atom is -0.488 e. The van der Waals surface area contributed by atoms with E-state index in [4.69, 9.17) is 13.9 Å². The first kappa shape index (κ1) is 28.9. The second-order valence-electron chi connectivity index (χ2n) is 12.1. The van der Waals surface area contributed by atoms with Crippen molar-refractivity contribution in [2.75, 3.05) is 13.1 Å². The summed E-state index contributed by atoms with van der Waals surface area (Å²) in [5.41, 5.74) is 1.58. The number of pyridine rings is 1. The van der Waals surface area contributed by atoms with E-state index in [0.29, 0.717) is 13.1 Å². The Kier molecular flexibility index (Phi) is 9.15. The first-order valence-electron chi connectivity index (χ1n) is 12.7. The highest BCUT2D eigenvalue weighted by Crippen LogP contribution is 2.40. The topological polar surface area (TPSA) is 60.9 Å². The molecule has 1 aliphatic rings. The standard InChI is InChI=1S/C28H41IN2O4Si/c1-27(2,3)34-26(32)31(18-23-13-11-20-16-22(29)12-14-24(20)33-23)19-25(21-10-9-15-30-17-21)35-36(7,8)28(4,5)6/h9-10,12,14-17,23,25H,11,13,18-19H2,1-8H3/t23-,25-/m0/s1. The Bertz CT molecular complexity index is 1030. The van der Waals surface area contributed by atoms with Crippen molar-refractivity contribution in [3.63, 3.8) is 0 Å². The SMILES string of the molecule is CC(C)(C)OC(=O)N(C[C@@H]1CCc2cc(I)ccc2O1)C[C@H](O[Si](C)(C)C(C)(C)C)c1cccnc1. The lowest BCUT2D eigenvalue weighted by atomic mass is 10.0. The summed E-state index contributed by atoms with van der Waals surface area (Å²) in [5, 5.41) is 0.0257. The summed E-state index contributed by atoms with van der Waals surface area (Å²) < 4.78 is 20.2. The van der Waals surface area contributed by atoms with Gasteiger partial charge in [-0.3, -0.25) is 4.98 Å². The van der Waals surface area contributed by atoms with Crippen molar-refractivity contribution in [3.05, 3.63) is 57.4 Å². The van der Waals surface area contributed by atoms with Crippen LogP contribution in [0.25, 0.3) is 0 Å². The van der Waals surface area contributed by atoms with Gasteiger partial charge in [-0.25, -0.2) is 4.79 Å². The fraction of sp³-hybridized carbons (Fsp3) is 0.571. The molecule has 0 unspecified atom stereocenters. The Labute approximate surface area is 231 Å². The zero-order valence-electron chi connectivity index (χ0n) is 22.9. The maximum Gasteiger partial charge on any atom is 0.410 e. The van der Waals surface area contributed by atoms with Gasteiger partial charge in [-0.05, 0) is 110 Å². The average molecular weight is 625 g/mol. The number of amides is 1. The van der Waals surface area contributed by atoms with Crippen molar-refractivity contribution in [2.45, 2.75) is 90.3 Å². The van der Waals surface area contributed by atoms with Crippen LogP contribution in [0.3, 0.4) is 0 Å². The summed E-state index contributed by atoms with van der Waals surface area (Å²) in [4.78, 5) is 19.5. The van der Waals surface area contributed by atoms with Crippen LogP contribution in [-0.2, 0) is 15.6 Å². The number of hydrogen-bond acceptors (Lipinski definition) is 5. The van der Waals surface area contributed by atoms with Crippen molar-refractivity contribution in [3.8, 4) is 5.75 Å². The van der Waals surface area contributed by atoms with Gasteiger partial charge in [0.1, 0.15) is 17.5 Å². The van der Waals surface area contributed by atoms with E-state index in [1.165, 1.54) is 9.13 Å². The number of halogens is 1. The molecule has 0 radical (unpaired) electrons. The third-order valence-electron chi connectivity index (χ3n) is 6.81. The molecule has 1 aliphatic heterocycles. The van der Waals surface area contributed by atoms with Crippen LogP contribution in [0, 0.1) is 3.57 Å². The molecule has 198 valence electrons. The van der Waals surface area contributed by atoms with Crippen LogP contribution in [0.5, 0.6) is 5.75 Å². The lowest BCUT2D eigenvalue weighted by Gasteiger charge is -2.41. The summed E-state index contributed by atoms with van der Waals surface area (Å²) in [5.74, 6) is 0.900. The monoisotopic (exact) mass is 624 g/mol. The van der Waals surface area contributed by atoms with E-state index in [-0.39, 0.29) is 23.3 Å². The van der Waals surface area contributed by atoms with E-state index in [1.807, 2.05) is 45.2 Å². The molecular formula is C28H41IN2O4Si. The second-order valence-corrected chi connectivity index (χ2v) is 18.1. The minimum atomic E-state index is -2.14. The molecule has 8 heteroatoms. The molecule has 2 atom stereocenters. The van der Waals surface area contributed by atoms with Gasteiger partial charge in [-0.15, -0.1) is 0 Å². The van der Waals surface area contributed by atoms with Gasteiger partial charge in [0.2, 0.25) is 0 Å². The number of rotatable bonds is 7. The number of aryl methyl sites for hydroxylation is 1. The zero-order chi connectivity index (χ0) is 26.7.